The number of benzene rings is 1. The number of rotatable bonds is 5. The molecule has 0 atom stereocenters. The number of hydrogen-bond acceptors (Lipinski definition) is 3. The van der Waals surface area contributed by atoms with Gasteiger partial charge >= 0.3 is 0 Å². The van der Waals surface area contributed by atoms with Gasteiger partial charge in [-0.3, -0.25) is 0 Å². The minimum Gasteiger partial charge on any atom is -0.409 e. The lowest BCUT2D eigenvalue weighted by Gasteiger charge is -2.08. The Bertz CT molecular complexity index is 407. The Labute approximate surface area is 95.2 Å². The molecular formula is C12H15N3O. The zero-order chi connectivity index (χ0) is 11.8. The normalized spacial score (nSPS) is 11.1. The molecule has 0 unspecified atom stereocenters. The molecule has 4 nitrogen and oxygen atoms in total. The first-order chi connectivity index (χ1) is 7.79. The predicted octanol–water partition coefficient (Wildman–Crippen LogP) is 0.894. The monoisotopic (exact) mass is 217 g/mol. The lowest BCUT2D eigenvalue weighted by Crippen LogP contribution is -2.20. The summed E-state index contributed by atoms with van der Waals surface area (Å²) < 4.78 is 0. The molecule has 4 heteroatoms. The fourth-order valence-electron chi connectivity index (χ4n) is 1.36. The number of terminal acetylenes is 1. The highest BCUT2D eigenvalue weighted by molar-refractivity contribution is 5.98. The van der Waals surface area contributed by atoms with Gasteiger partial charge in [-0.15, -0.1) is 12.3 Å². The quantitative estimate of drug-likeness (QED) is 0.171. The van der Waals surface area contributed by atoms with Crippen molar-refractivity contribution in [3.05, 3.63) is 35.4 Å². The summed E-state index contributed by atoms with van der Waals surface area (Å²) in [5.41, 5.74) is 7.28. The summed E-state index contributed by atoms with van der Waals surface area (Å²) in [6.07, 6.45) is 5.83. The van der Waals surface area contributed by atoms with Crippen molar-refractivity contribution in [2.45, 2.75) is 13.0 Å². The Hall–Kier alpha value is -1.99. The zero-order valence-electron chi connectivity index (χ0n) is 8.98. The second kappa shape index (κ2) is 6.49. The van der Waals surface area contributed by atoms with E-state index in [0.717, 1.165) is 17.7 Å². The molecular weight excluding hydrogens is 202 g/mol. The van der Waals surface area contributed by atoms with E-state index in [9.17, 15) is 0 Å². The van der Waals surface area contributed by atoms with E-state index in [-0.39, 0.29) is 5.84 Å². The van der Waals surface area contributed by atoms with Gasteiger partial charge in [0.15, 0.2) is 5.84 Å². The van der Waals surface area contributed by atoms with Crippen LogP contribution in [0.4, 0.5) is 0 Å². The van der Waals surface area contributed by atoms with Crippen molar-refractivity contribution in [2.24, 2.45) is 10.9 Å². The van der Waals surface area contributed by atoms with Crippen molar-refractivity contribution in [1.29, 1.82) is 0 Å². The third-order valence-electron chi connectivity index (χ3n) is 2.16. The fraction of sp³-hybridized carbons (Fsp3) is 0.250. The van der Waals surface area contributed by atoms with Crippen molar-refractivity contribution < 1.29 is 5.21 Å². The molecule has 0 saturated carbocycles. The Balaban J connectivity index is 2.69. The number of nitrogens with two attached hydrogens (primary N) is 1. The second-order valence-corrected chi connectivity index (χ2v) is 3.27. The minimum absolute atomic E-state index is 0.120. The molecule has 0 radical (unpaired) electrons. The largest absolute Gasteiger partial charge is 0.409 e. The molecule has 0 aliphatic carbocycles. The standard InChI is InChI=1S/C12H15N3O/c1-2-3-8-14-9-10-6-4-5-7-11(10)12(13)15-16/h1,4-7,14,16H,3,8-9H2,(H2,13,15). The second-order valence-electron chi connectivity index (χ2n) is 3.27. The summed E-state index contributed by atoms with van der Waals surface area (Å²) in [5.74, 6) is 2.67. The first kappa shape index (κ1) is 12.1. The Morgan fingerprint density at radius 1 is 1.50 bits per heavy atom. The molecule has 0 saturated heterocycles. The van der Waals surface area contributed by atoms with Gasteiger partial charge in [-0.1, -0.05) is 29.4 Å². The highest BCUT2D eigenvalue weighted by Gasteiger charge is 2.04. The van der Waals surface area contributed by atoms with Crippen LogP contribution in [0.5, 0.6) is 0 Å². The Kier molecular flexibility index (Phi) is 4.90. The molecule has 84 valence electrons. The first-order valence-corrected chi connectivity index (χ1v) is 4.99. The van der Waals surface area contributed by atoms with Gasteiger partial charge in [-0.25, -0.2) is 0 Å². The number of nitrogens with one attached hydrogen (secondary N) is 1. The van der Waals surface area contributed by atoms with E-state index in [4.69, 9.17) is 17.4 Å². The molecule has 4 N–H and O–H groups in total. The lowest BCUT2D eigenvalue weighted by atomic mass is 10.1. The van der Waals surface area contributed by atoms with E-state index in [2.05, 4.69) is 16.4 Å². The summed E-state index contributed by atoms with van der Waals surface area (Å²) in [7, 11) is 0. The maximum absolute atomic E-state index is 8.64. The summed E-state index contributed by atoms with van der Waals surface area (Å²) >= 11 is 0. The summed E-state index contributed by atoms with van der Waals surface area (Å²) in [6.45, 7) is 1.40. The Morgan fingerprint density at radius 3 is 2.94 bits per heavy atom. The molecule has 0 heterocycles. The van der Waals surface area contributed by atoms with E-state index < -0.39 is 0 Å². The van der Waals surface area contributed by atoms with Gasteiger partial charge in [0.25, 0.3) is 0 Å². The van der Waals surface area contributed by atoms with Gasteiger partial charge in [0.2, 0.25) is 0 Å². The van der Waals surface area contributed by atoms with E-state index >= 15 is 0 Å². The zero-order valence-corrected chi connectivity index (χ0v) is 8.98. The molecule has 0 amide bonds. The molecule has 1 rings (SSSR count). The van der Waals surface area contributed by atoms with E-state index in [1.54, 1.807) is 0 Å². The average Bonchev–Trinajstić information content (AvgIpc) is 2.34. The Morgan fingerprint density at radius 2 is 2.25 bits per heavy atom. The van der Waals surface area contributed by atoms with Crippen molar-refractivity contribution >= 4 is 5.84 Å². The average molecular weight is 217 g/mol. The van der Waals surface area contributed by atoms with Gasteiger partial charge in [0, 0.05) is 25.1 Å². The highest BCUT2D eigenvalue weighted by Crippen LogP contribution is 2.07. The van der Waals surface area contributed by atoms with E-state index in [1.165, 1.54) is 0 Å². The van der Waals surface area contributed by atoms with E-state index in [1.807, 2.05) is 24.3 Å². The van der Waals surface area contributed by atoms with Crippen molar-refractivity contribution in [3.63, 3.8) is 0 Å². The number of nitrogens with zero attached hydrogens (tertiary/aromatic N) is 1. The van der Waals surface area contributed by atoms with Crippen molar-refractivity contribution in [1.82, 2.24) is 5.32 Å². The van der Waals surface area contributed by atoms with Gasteiger partial charge in [-0.05, 0) is 5.56 Å². The summed E-state index contributed by atoms with van der Waals surface area (Å²) in [5, 5.41) is 14.8. The molecule has 0 spiro atoms. The SMILES string of the molecule is C#CCCNCc1ccccc1C(N)=NO. The van der Waals surface area contributed by atoms with Crippen LogP contribution in [0.1, 0.15) is 17.5 Å². The van der Waals surface area contributed by atoms with Crippen LogP contribution in [0.3, 0.4) is 0 Å². The number of oxime groups is 1. The summed E-state index contributed by atoms with van der Waals surface area (Å²) in [6, 6.07) is 7.49. The van der Waals surface area contributed by atoms with Crippen LogP contribution in [-0.2, 0) is 6.54 Å². The van der Waals surface area contributed by atoms with Crippen LogP contribution in [-0.4, -0.2) is 17.6 Å². The van der Waals surface area contributed by atoms with Crippen LogP contribution >= 0.6 is 0 Å². The third-order valence-corrected chi connectivity index (χ3v) is 2.16. The van der Waals surface area contributed by atoms with Crippen LogP contribution in [0.25, 0.3) is 0 Å². The van der Waals surface area contributed by atoms with Gasteiger partial charge in [-0.2, -0.15) is 0 Å². The number of hydrogen-bond donors (Lipinski definition) is 3. The highest BCUT2D eigenvalue weighted by atomic mass is 16.4. The molecule has 1 aromatic carbocycles. The maximum Gasteiger partial charge on any atom is 0.170 e. The maximum atomic E-state index is 8.64. The van der Waals surface area contributed by atoms with Gasteiger partial charge < -0.3 is 16.3 Å². The topological polar surface area (TPSA) is 70.6 Å². The van der Waals surface area contributed by atoms with Crippen molar-refractivity contribution in [3.8, 4) is 12.3 Å². The predicted molar refractivity (Wildman–Crippen MR) is 64.1 cm³/mol. The molecule has 0 aliphatic rings. The molecule has 0 bridgehead atoms. The minimum atomic E-state index is 0.120. The lowest BCUT2D eigenvalue weighted by molar-refractivity contribution is 0.318. The first-order valence-electron chi connectivity index (χ1n) is 4.99. The van der Waals surface area contributed by atoms with Crippen LogP contribution in [0, 0.1) is 12.3 Å². The van der Waals surface area contributed by atoms with Gasteiger partial charge in [0.1, 0.15) is 0 Å². The molecule has 1 aromatic rings. The fourth-order valence-corrected chi connectivity index (χ4v) is 1.36. The van der Waals surface area contributed by atoms with Crippen LogP contribution < -0.4 is 11.1 Å². The molecule has 16 heavy (non-hydrogen) atoms. The van der Waals surface area contributed by atoms with Gasteiger partial charge in [0.05, 0.1) is 0 Å². The molecule has 0 fully saturated rings. The smallest absolute Gasteiger partial charge is 0.170 e. The summed E-state index contributed by atoms with van der Waals surface area (Å²) in [4.78, 5) is 0. The molecule has 0 aromatic heterocycles. The van der Waals surface area contributed by atoms with Crippen LogP contribution in [0.15, 0.2) is 29.4 Å². The third kappa shape index (κ3) is 3.30. The number of amidine groups is 1. The van der Waals surface area contributed by atoms with Crippen molar-refractivity contribution in [2.75, 3.05) is 6.54 Å². The van der Waals surface area contributed by atoms with Crippen LogP contribution in [0.2, 0.25) is 0 Å². The molecule has 0 aliphatic heterocycles. The van der Waals surface area contributed by atoms with E-state index in [0.29, 0.717) is 13.0 Å².